The summed E-state index contributed by atoms with van der Waals surface area (Å²) in [5.74, 6) is 1.10. The Bertz CT molecular complexity index is 1570. The van der Waals surface area contributed by atoms with Gasteiger partial charge in [-0.25, -0.2) is 4.98 Å². The molecule has 0 bridgehead atoms. The summed E-state index contributed by atoms with van der Waals surface area (Å²) in [4.78, 5) is 12.0. The monoisotopic (exact) mass is 555 g/mol. The zero-order valence-electron chi connectivity index (χ0n) is 24.4. The molecule has 0 aliphatic heterocycles. The molecular formula is C37H41N5. The van der Waals surface area contributed by atoms with Crippen LogP contribution in [-0.2, 0) is 39.0 Å². The average molecular weight is 556 g/mol. The first kappa shape index (κ1) is 28.1. The highest BCUT2D eigenvalue weighted by Crippen LogP contribution is 2.24. The number of aromatic nitrogens is 2. The molecule has 2 aromatic heterocycles. The van der Waals surface area contributed by atoms with E-state index in [9.17, 15) is 0 Å². The molecule has 5 nitrogen and oxygen atoms in total. The van der Waals surface area contributed by atoms with E-state index in [1.807, 2.05) is 18.3 Å². The molecular weight excluding hydrogens is 514 g/mol. The van der Waals surface area contributed by atoms with Gasteiger partial charge in [-0.05, 0) is 95.9 Å². The van der Waals surface area contributed by atoms with Gasteiger partial charge in [0.25, 0.3) is 0 Å². The molecule has 3 aromatic carbocycles. The van der Waals surface area contributed by atoms with Crippen molar-refractivity contribution >= 4 is 16.6 Å². The fourth-order valence-electron chi connectivity index (χ4n) is 5.82. The lowest BCUT2D eigenvalue weighted by atomic mass is 9.96. The zero-order valence-corrected chi connectivity index (χ0v) is 24.4. The van der Waals surface area contributed by atoms with Crippen LogP contribution in [0.3, 0.4) is 0 Å². The molecule has 1 aliphatic rings. The van der Waals surface area contributed by atoms with E-state index in [1.54, 1.807) is 0 Å². The third-order valence-corrected chi connectivity index (χ3v) is 8.17. The lowest BCUT2D eigenvalue weighted by Gasteiger charge is -2.26. The number of anilines is 1. The van der Waals surface area contributed by atoms with Crippen molar-refractivity contribution in [1.29, 1.82) is 0 Å². The molecule has 0 radical (unpaired) electrons. The molecule has 6 rings (SSSR count). The summed E-state index contributed by atoms with van der Waals surface area (Å²) in [6.45, 7) is 5.28. The number of nitrogens with one attached hydrogen (secondary N) is 2. The molecule has 2 N–H and O–H groups in total. The van der Waals surface area contributed by atoms with E-state index >= 15 is 0 Å². The fraction of sp³-hybridized carbons (Fsp3) is 0.297. The van der Waals surface area contributed by atoms with Gasteiger partial charge in [-0.2, -0.15) is 0 Å². The van der Waals surface area contributed by atoms with Crippen molar-refractivity contribution in [3.8, 4) is 0 Å². The summed E-state index contributed by atoms with van der Waals surface area (Å²) in [6.07, 6.45) is 7.70. The molecule has 0 saturated carbocycles. The zero-order chi connectivity index (χ0) is 28.4. The van der Waals surface area contributed by atoms with Crippen LogP contribution in [0, 0.1) is 0 Å². The number of benzene rings is 3. The summed E-state index contributed by atoms with van der Waals surface area (Å²) < 4.78 is 0. The largest absolute Gasteiger partial charge is 0.352 e. The van der Waals surface area contributed by atoms with E-state index < -0.39 is 0 Å². The minimum atomic E-state index is 0.773. The average Bonchev–Trinajstić information content (AvgIpc) is 3.05. The predicted molar refractivity (Wildman–Crippen MR) is 173 cm³/mol. The second-order valence-electron chi connectivity index (χ2n) is 11.4. The summed E-state index contributed by atoms with van der Waals surface area (Å²) in [7, 11) is 0. The first-order valence-corrected chi connectivity index (χ1v) is 15.4. The topological polar surface area (TPSA) is 53.1 Å². The predicted octanol–water partition coefficient (Wildman–Crippen LogP) is 6.98. The minimum Gasteiger partial charge on any atom is -0.352 e. The lowest BCUT2D eigenvalue weighted by Crippen LogP contribution is -2.28. The van der Waals surface area contributed by atoms with Gasteiger partial charge >= 0.3 is 0 Å². The van der Waals surface area contributed by atoms with Gasteiger partial charge in [0.15, 0.2) is 0 Å². The number of hydrogen-bond acceptors (Lipinski definition) is 5. The quantitative estimate of drug-likeness (QED) is 0.154. The number of hydrogen-bond donors (Lipinski definition) is 2. The normalized spacial score (nSPS) is 12.8. The van der Waals surface area contributed by atoms with Crippen molar-refractivity contribution in [1.82, 2.24) is 20.6 Å². The van der Waals surface area contributed by atoms with Crippen molar-refractivity contribution < 1.29 is 0 Å². The number of pyridine rings is 2. The van der Waals surface area contributed by atoms with Crippen molar-refractivity contribution in [3.63, 3.8) is 0 Å². The number of aryl methyl sites for hydroxylation is 2. The van der Waals surface area contributed by atoms with Crippen LogP contribution in [0.4, 0.5) is 5.82 Å². The first-order valence-electron chi connectivity index (χ1n) is 15.4. The molecule has 0 spiro atoms. The Labute approximate surface area is 250 Å². The van der Waals surface area contributed by atoms with E-state index in [-0.39, 0.29) is 0 Å². The van der Waals surface area contributed by atoms with Gasteiger partial charge in [-0.1, -0.05) is 72.8 Å². The molecule has 5 heteroatoms. The Morgan fingerprint density at radius 3 is 2.33 bits per heavy atom. The standard InChI is InChI=1S/C37H41N5/c1-2-10-34-24-31(17-18-32(34)8-1)26-38-21-7-23-42(37-20-19-33-9-3-4-12-36(33)41-37)28-30-15-13-29(14-16-30)25-39-27-35-11-5-6-22-40-35/h1-2,5-6,8,10-11,13-20,22,24,38-39H,3-4,7,9,12,21,23,25-28H2. The third-order valence-electron chi connectivity index (χ3n) is 8.17. The van der Waals surface area contributed by atoms with E-state index in [4.69, 9.17) is 4.98 Å². The first-order chi connectivity index (χ1) is 20.8. The Kier molecular flexibility index (Phi) is 9.50. The highest BCUT2D eigenvalue weighted by Gasteiger charge is 2.15. The molecule has 214 valence electrons. The second kappa shape index (κ2) is 14.2. The van der Waals surface area contributed by atoms with E-state index in [0.29, 0.717) is 0 Å². The summed E-state index contributed by atoms with van der Waals surface area (Å²) >= 11 is 0. The van der Waals surface area contributed by atoms with Crippen LogP contribution in [0.15, 0.2) is 103 Å². The Morgan fingerprint density at radius 2 is 1.45 bits per heavy atom. The van der Waals surface area contributed by atoms with Crippen LogP contribution in [0.25, 0.3) is 10.8 Å². The van der Waals surface area contributed by atoms with Gasteiger partial charge in [0.05, 0.1) is 5.69 Å². The number of fused-ring (bicyclic) bond motifs is 2. The van der Waals surface area contributed by atoms with Crippen LogP contribution in [0.2, 0.25) is 0 Å². The smallest absolute Gasteiger partial charge is 0.129 e. The van der Waals surface area contributed by atoms with E-state index in [2.05, 4.69) is 105 Å². The highest BCUT2D eigenvalue weighted by atomic mass is 15.2. The molecule has 42 heavy (non-hydrogen) atoms. The van der Waals surface area contributed by atoms with Gasteiger partial charge in [-0.15, -0.1) is 0 Å². The van der Waals surface area contributed by atoms with Crippen LogP contribution in [0.5, 0.6) is 0 Å². The fourth-order valence-corrected chi connectivity index (χ4v) is 5.82. The molecule has 0 amide bonds. The highest BCUT2D eigenvalue weighted by molar-refractivity contribution is 5.82. The molecule has 2 heterocycles. The van der Waals surface area contributed by atoms with Crippen molar-refractivity contribution in [3.05, 3.63) is 137 Å². The Hall–Kier alpha value is -4.06. The Morgan fingerprint density at radius 1 is 0.667 bits per heavy atom. The van der Waals surface area contributed by atoms with Gasteiger partial charge in [0.1, 0.15) is 5.82 Å². The van der Waals surface area contributed by atoms with Gasteiger partial charge in [0.2, 0.25) is 0 Å². The third kappa shape index (κ3) is 7.61. The minimum absolute atomic E-state index is 0.773. The van der Waals surface area contributed by atoms with E-state index in [1.165, 1.54) is 51.6 Å². The SMILES string of the molecule is c1ccc(CNCc2ccc(CN(CCCNCc3ccc4ccccc4c3)c3ccc4c(n3)CCCC4)cc2)nc1. The molecule has 5 aromatic rings. The molecule has 0 unspecified atom stereocenters. The maximum atomic E-state index is 5.16. The van der Waals surface area contributed by atoms with Gasteiger partial charge in [-0.3, -0.25) is 4.98 Å². The maximum Gasteiger partial charge on any atom is 0.129 e. The second-order valence-corrected chi connectivity index (χ2v) is 11.4. The number of nitrogens with zero attached hydrogens (tertiary/aromatic N) is 3. The molecule has 1 aliphatic carbocycles. The lowest BCUT2D eigenvalue weighted by molar-refractivity contribution is 0.625. The van der Waals surface area contributed by atoms with Crippen molar-refractivity contribution in [2.45, 2.75) is 58.3 Å². The molecule has 0 fully saturated rings. The van der Waals surface area contributed by atoms with Gasteiger partial charge < -0.3 is 15.5 Å². The van der Waals surface area contributed by atoms with Crippen LogP contribution in [-0.4, -0.2) is 23.1 Å². The molecule has 0 atom stereocenters. The van der Waals surface area contributed by atoms with Crippen LogP contribution in [0.1, 0.15) is 52.9 Å². The van der Waals surface area contributed by atoms with E-state index in [0.717, 1.165) is 70.0 Å². The summed E-state index contributed by atoms with van der Waals surface area (Å²) in [5, 5.41) is 9.77. The summed E-state index contributed by atoms with van der Waals surface area (Å²) in [5.41, 5.74) is 7.72. The van der Waals surface area contributed by atoms with Crippen LogP contribution < -0.4 is 15.5 Å². The van der Waals surface area contributed by atoms with Gasteiger partial charge in [0, 0.05) is 44.6 Å². The van der Waals surface area contributed by atoms with Crippen molar-refractivity contribution in [2.24, 2.45) is 0 Å². The maximum absolute atomic E-state index is 5.16. The summed E-state index contributed by atoms with van der Waals surface area (Å²) in [6, 6.07) is 34.9. The number of rotatable bonds is 13. The molecule has 0 saturated heterocycles. The van der Waals surface area contributed by atoms with Crippen molar-refractivity contribution in [2.75, 3.05) is 18.0 Å². The Balaban J connectivity index is 1.06. The van der Waals surface area contributed by atoms with Crippen LogP contribution >= 0.6 is 0 Å².